The van der Waals surface area contributed by atoms with E-state index in [0.717, 1.165) is 0 Å². The van der Waals surface area contributed by atoms with Gasteiger partial charge in [0.25, 0.3) is 0 Å². The normalized spacial score (nSPS) is 17.6. The molecule has 0 radical (unpaired) electrons. The van der Waals surface area contributed by atoms with Crippen LogP contribution in [0.2, 0.25) is 0 Å². The lowest BCUT2D eigenvalue weighted by atomic mass is 10.1. The molecule has 0 spiro atoms. The summed E-state index contributed by atoms with van der Waals surface area (Å²) < 4.78 is 4.63. The molecule has 84 valence electrons. The molecule has 2 unspecified atom stereocenters. The van der Waals surface area contributed by atoms with Gasteiger partial charge < -0.3 is 10.5 Å². The molecular formula is C10H21NO2S. The lowest BCUT2D eigenvalue weighted by Gasteiger charge is -2.24. The van der Waals surface area contributed by atoms with E-state index in [1.165, 1.54) is 7.11 Å². The maximum Gasteiger partial charge on any atom is 0.326 e. The summed E-state index contributed by atoms with van der Waals surface area (Å²) in [6.07, 6.45) is 0. The van der Waals surface area contributed by atoms with Gasteiger partial charge in [-0.1, -0.05) is 20.8 Å². The predicted molar refractivity (Wildman–Crippen MR) is 61.4 cm³/mol. The number of hydrogen-bond acceptors (Lipinski definition) is 4. The lowest BCUT2D eigenvalue weighted by molar-refractivity contribution is -0.145. The Bertz CT molecular complexity index is 193. The molecule has 0 aromatic heterocycles. The average Bonchev–Trinajstić information content (AvgIpc) is 2.12. The zero-order valence-electron chi connectivity index (χ0n) is 9.66. The highest BCUT2D eigenvalue weighted by atomic mass is 32.2. The van der Waals surface area contributed by atoms with Crippen molar-refractivity contribution in [2.24, 2.45) is 11.7 Å². The second kappa shape index (κ2) is 5.61. The number of ether oxygens (including phenoxy) is 1. The van der Waals surface area contributed by atoms with E-state index >= 15 is 0 Å². The van der Waals surface area contributed by atoms with Gasteiger partial charge in [0.1, 0.15) is 5.54 Å². The minimum atomic E-state index is -0.872. The number of carbonyl (C=O) groups excluding carboxylic acids is 1. The van der Waals surface area contributed by atoms with E-state index in [4.69, 9.17) is 5.73 Å². The Hall–Kier alpha value is -0.220. The first-order valence-corrected chi connectivity index (χ1v) is 5.85. The number of thioether (sulfide) groups is 1. The largest absolute Gasteiger partial charge is 0.468 e. The minimum Gasteiger partial charge on any atom is -0.468 e. The van der Waals surface area contributed by atoms with Gasteiger partial charge in [0.15, 0.2) is 0 Å². The Morgan fingerprint density at radius 1 is 1.50 bits per heavy atom. The summed E-state index contributed by atoms with van der Waals surface area (Å²) in [4.78, 5) is 11.3. The van der Waals surface area contributed by atoms with Gasteiger partial charge in [0, 0.05) is 11.0 Å². The molecule has 2 atom stereocenters. The topological polar surface area (TPSA) is 52.3 Å². The Morgan fingerprint density at radius 2 is 2.00 bits per heavy atom. The molecule has 0 amide bonds. The summed E-state index contributed by atoms with van der Waals surface area (Å²) in [5.74, 6) is 0.841. The molecule has 0 aliphatic carbocycles. The Balaban J connectivity index is 4.05. The van der Waals surface area contributed by atoms with Crippen molar-refractivity contribution in [2.45, 2.75) is 38.5 Å². The van der Waals surface area contributed by atoms with E-state index in [-0.39, 0.29) is 5.97 Å². The quantitative estimate of drug-likeness (QED) is 0.714. The fourth-order valence-electron chi connectivity index (χ4n) is 0.789. The van der Waals surface area contributed by atoms with Crippen LogP contribution in [0.15, 0.2) is 0 Å². The van der Waals surface area contributed by atoms with Crippen LogP contribution in [0.25, 0.3) is 0 Å². The first-order chi connectivity index (χ1) is 6.31. The third-order valence-electron chi connectivity index (χ3n) is 2.24. The number of rotatable bonds is 5. The van der Waals surface area contributed by atoms with E-state index in [2.05, 4.69) is 25.5 Å². The molecule has 0 saturated heterocycles. The number of carbonyl (C=O) groups is 1. The molecule has 14 heavy (non-hydrogen) atoms. The second-order valence-corrected chi connectivity index (χ2v) is 5.53. The van der Waals surface area contributed by atoms with Gasteiger partial charge in [-0.25, -0.2) is 0 Å². The van der Waals surface area contributed by atoms with E-state index < -0.39 is 5.54 Å². The molecule has 0 aromatic rings. The van der Waals surface area contributed by atoms with Crippen molar-refractivity contribution >= 4 is 17.7 Å². The second-order valence-electron chi connectivity index (χ2n) is 4.17. The number of methoxy groups -OCH3 is 1. The van der Waals surface area contributed by atoms with Crippen LogP contribution in [0.5, 0.6) is 0 Å². The van der Waals surface area contributed by atoms with E-state index in [1.807, 2.05) is 0 Å². The van der Waals surface area contributed by atoms with Crippen LogP contribution in [-0.4, -0.2) is 29.6 Å². The highest BCUT2D eigenvalue weighted by Crippen LogP contribution is 2.22. The molecule has 0 bridgehead atoms. The van der Waals surface area contributed by atoms with Crippen molar-refractivity contribution in [3.63, 3.8) is 0 Å². The predicted octanol–water partition coefficient (Wildman–Crippen LogP) is 1.65. The van der Waals surface area contributed by atoms with E-state index in [1.54, 1.807) is 18.7 Å². The van der Waals surface area contributed by atoms with Crippen molar-refractivity contribution in [1.82, 2.24) is 0 Å². The zero-order valence-corrected chi connectivity index (χ0v) is 10.5. The van der Waals surface area contributed by atoms with Crippen molar-refractivity contribution in [1.29, 1.82) is 0 Å². The molecule has 0 aliphatic heterocycles. The summed E-state index contributed by atoms with van der Waals surface area (Å²) in [5.41, 5.74) is 4.95. The number of nitrogens with two attached hydrogens (primary N) is 1. The van der Waals surface area contributed by atoms with Crippen molar-refractivity contribution in [3.05, 3.63) is 0 Å². The smallest absolute Gasteiger partial charge is 0.326 e. The third-order valence-corrected chi connectivity index (χ3v) is 4.07. The van der Waals surface area contributed by atoms with Gasteiger partial charge in [0.2, 0.25) is 0 Å². The molecule has 0 heterocycles. The van der Waals surface area contributed by atoms with Crippen LogP contribution < -0.4 is 5.73 Å². The van der Waals surface area contributed by atoms with E-state index in [9.17, 15) is 4.79 Å². The Kier molecular flexibility index (Phi) is 5.52. The first kappa shape index (κ1) is 13.8. The van der Waals surface area contributed by atoms with Crippen molar-refractivity contribution in [3.8, 4) is 0 Å². The van der Waals surface area contributed by atoms with Crippen molar-refractivity contribution < 1.29 is 9.53 Å². The first-order valence-electron chi connectivity index (χ1n) is 4.80. The summed E-state index contributed by atoms with van der Waals surface area (Å²) in [5, 5.41) is 0.502. The average molecular weight is 219 g/mol. The fourth-order valence-corrected chi connectivity index (χ4v) is 1.90. The molecular weight excluding hydrogens is 198 g/mol. The van der Waals surface area contributed by atoms with E-state index in [0.29, 0.717) is 16.9 Å². The molecule has 2 N–H and O–H groups in total. The minimum absolute atomic E-state index is 0.346. The summed E-state index contributed by atoms with van der Waals surface area (Å²) in [6.45, 7) is 8.16. The lowest BCUT2D eigenvalue weighted by Crippen LogP contribution is -2.48. The van der Waals surface area contributed by atoms with Gasteiger partial charge >= 0.3 is 5.97 Å². The summed E-state index contributed by atoms with van der Waals surface area (Å²) in [7, 11) is 1.37. The standard InChI is InChI=1S/C10H21NO2S/c1-7(2)8(3)14-6-10(4,11)9(12)13-5/h7-8H,6,11H2,1-5H3. The highest BCUT2D eigenvalue weighted by Gasteiger charge is 2.30. The number of esters is 1. The van der Waals surface area contributed by atoms with Gasteiger partial charge in [0.05, 0.1) is 7.11 Å². The van der Waals surface area contributed by atoms with Crippen LogP contribution in [0, 0.1) is 5.92 Å². The fraction of sp³-hybridized carbons (Fsp3) is 0.900. The van der Waals surface area contributed by atoms with Gasteiger partial charge in [-0.05, 0) is 12.8 Å². The van der Waals surface area contributed by atoms with Crippen molar-refractivity contribution in [2.75, 3.05) is 12.9 Å². The molecule has 0 aromatic carbocycles. The molecule has 3 nitrogen and oxygen atoms in total. The van der Waals surface area contributed by atoms with Crippen LogP contribution in [0.4, 0.5) is 0 Å². The van der Waals surface area contributed by atoms with Gasteiger partial charge in [-0.2, -0.15) is 11.8 Å². The van der Waals surface area contributed by atoms with Crippen LogP contribution >= 0.6 is 11.8 Å². The number of hydrogen-bond donors (Lipinski definition) is 1. The summed E-state index contributed by atoms with van der Waals surface area (Å²) in [6, 6.07) is 0. The molecule has 0 fully saturated rings. The zero-order chi connectivity index (χ0) is 11.4. The Morgan fingerprint density at radius 3 is 2.36 bits per heavy atom. The third kappa shape index (κ3) is 4.33. The van der Waals surface area contributed by atoms with Crippen LogP contribution in [0.1, 0.15) is 27.7 Å². The molecule has 4 heteroatoms. The molecule has 0 aliphatic rings. The highest BCUT2D eigenvalue weighted by molar-refractivity contribution is 8.00. The maximum absolute atomic E-state index is 11.3. The van der Waals surface area contributed by atoms with Gasteiger partial charge in [-0.15, -0.1) is 0 Å². The SMILES string of the molecule is COC(=O)C(C)(N)CSC(C)C(C)C. The summed E-state index contributed by atoms with van der Waals surface area (Å²) >= 11 is 1.71. The Labute approximate surface area is 90.8 Å². The van der Waals surface area contributed by atoms with Gasteiger partial charge in [-0.3, -0.25) is 4.79 Å². The molecule has 0 rings (SSSR count). The maximum atomic E-state index is 11.3. The van der Waals surface area contributed by atoms with Crippen LogP contribution in [0.3, 0.4) is 0 Å². The van der Waals surface area contributed by atoms with Crippen LogP contribution in [-0.2, 0) is 9.53 Å². The monoisotopic (exact) mass is 219 g/mol. The molecule has 0 saturated carbocycles.